The molecule has 0 saturated carbocycles. The Morgan fingerprint density at radius 3 is 2.26 bits per heavy atom. The average Bonchev–Trinajstić information content (AvgIpc) is 2.77. The predicted octanol–water partition coefficient (Wildman–Crippen LogP) is 3.98. The van der Waals surface area contributed by atoms with E-state index in [1.54, 1.807) is 6.92 Å². The summed E-state index contributed by atoms with van der Waals surface area (Å²) in [5.74, 6) is 1.68. The molecule has 1 aromatic heterocycles. The minimum absolute atomic E-state index is 0.101. The lowest BCUT2D eigenvalue weighted by Crippen LogP contribution is -2.49. The number of hydrogen-bond donors (Lipinski definition) is 0. The van der Waals surface area contributed by atoms with Gasteiger partial charge in [0.1, 0.15) is 4.90 Å². The number of anilines is 2. The van der Waals surface area contributed by atoms with E-state index in [4.69, 9.17) is 23.2 Å². The summed E-state index contributed by atoms with van der Waals surface area (Å²) in [6.45, 7) is 6.79. The molecule has 0 spiro atoms. The van der Waals surface area contributed by atoms with Crippen LogP contribution in [0.25, 0.3) is 0 Å². The number of halogens is 2. The van der Waals surface area contributed by atoms with Gasteiger partial charge < -0.3 is 9.80 Å². The highest BCUT2D eigenvalue weighted by atomic mass is 35.5. The molecule has 0 radical (unpaired) electrons. The van der Waals surface area contributed by atoms with Crippen molar-refractivity contribution in [1.82, 2.24) is 14.5 Å². The van der Waals surface area contributed by atoms with Crippen molar-refractivity contribution in [2.75, 3.05) is 42.5 Å². The topological polar surface area (TPSA) is 69.6 Å². The minimum Gasteiger partial charge on any atom is -0.352 e. The summed E-state index contributed by atoms with van der Waals surface area (Å²) in [4.78, 5) is 4.48. The van der Waals surface area contributed by atoms with Crippen LogP contribution >= 0.6 is 23.2 Å². The number of piperazine rings is 1. The van der Waals surface area contributed by atoms with Crippen molar-refractivity contribution in [2.24, 2.45) is 0 Å². The van der Waals surface area contributed by atoms with Crippen molar-refractivity contribution >= 4 is 44.9 Å². The molecule has 2 aliphatic heterocycles. The van der Waals surface area contributed by atoms with Gasteiger partial charge in [0.15, 0.2) is 11.6 Å². The summed E-state index contributed by atoms with van der Waals surface area (Å²) >= 11 is 12.3. The standard InChI is InChI=1S/C21H27Cl2N5O2S/c1-15-13-19(18(23)14-17(15)22)31(29,30)27-11-9-26(10-12-27)20-6-7-21(25-24-20)28-8-4-3-5-16(28)2/h6-7,13-14,16H,3-5,8-12H2,1-2H3. The molecule has 2 aromatic rings. The number of rotatable bonds is 4. The van der Waals surface area contributed by atoms with Gasteiger partial charge in [-0.3, -0.25) is 0 Å². The molecule has 7 nitrogen and oxygen atoms in total. The molecule has 1 atom stereocenters. The van der Waals surface area contributed by atoms with Crippen LogP contribution in [0.4, 0.5) is 11.6 Å². The van der Waals surface area contributed by atoms with Gasteiger partial charge >= 0.3 is 0 Å². The number of aromatic nitrogens is 2. The summed E-state index contributed by atoms with van der Waals surface area (Å²) in [5.41, 5.74) is 0.682. The zero-order chi connectivity index (χ0) is 22.2. The molecule has 0 aliphatic carbocycles. The van der Waals surface area contributed by atoms with Gasteiger partial charge in [-0.25, -0.2) is 8.42 Å². The lowest BCUT2D eigenvalue weighted by molar-refractivity contribution is 0.383. The van der Waals surface area contributed by atoms with Gasteiger partial charge in [-0.2, -0.15) is 4.31 Å². The SMILES string of the molecule is Cc1cc(S(=O)(=O)N2CCN(c3ccc(N4CCCCC4C)nn3)CC2)c(Cl)cc1Cl. The van der Waals surface area contributed by atoms with E-state index in [1.165, 1.54) is 35.7 Å². The van der Waals surface area contributed by atoms with Crippen molar-refractivity contribution in [3.05, 3.63) is 39.9 Å². The quantitative estimate of drug-likeness (QED) is 0.654. The molecule has 10 heteroatoms. The lowest BCUT2D eigenvalue weighted by atomic mass is 10.0. The second-order valence-corrected chi connectivity index (χ2v) is 10.9. The molecule has 1 unspecified atom stereocenters. The normalized spacial score (nSPS) is 20.8. The summed E-state index contributed by atoms with van der Waals surface area (Å²) in [7, 11) is -3.69. The number of nitrogens with zero attached hydrogens (tertiary/aromatic N) is 5. The Balaban J connectivity index is 1.43. The van der Waals surface area contributed by atoms with Gasteiger partial charge in [-0.1, -0.05) is 23.2 Å². The van der Waals surface area contributed by atoms with Crippen LogP contribution < -0.4 is 9.80 Å². The Bertz CT molecular complexity index is 1040. The summed E-state index contributed by atoms with van der Waals surface area (Å²) in [5, 5.41) is 9.47. The average molecular weight is 484 g/mol. The molecule has 31 heavy (non-hydrogen) atoms. The summed E-state index contributed by atoms with van der Waals surface area (Å²) in [6, 6.07) is 7.50. The summed E-state index contributed by atoms with van der Waals surface area (Å²) < 4.78 is 27.7. The van der Waals surface area contributed by atoms with Gasteiger partial charge in [-0.15, -0.1) is 10.2 Å². The first-order valence-electron chi connectivity index (χ1n) is 10.6. The maximum atomic E-state index is 13.1. The number of benzene rings is 1. The number of piperidine rings is 1. The maximum Gasteiger partial charge on any atom is 0.244 e. The van der Waals surface area contributed by atoms with Gasteiger partial charge in [0.2, 0.25) is 10.0 Å². The van der Waals surface area contributed by atoms with Gasteiger partial charge in [-0.05, 0) is 62.9 Å². The van der Waals surface area contributed by atoms with Gasteiger partial charge in [0.05, 0.1) is 5.02 Å². The van der Waals surface area contributed by atoms with E-state index in [0.29, 0.717) is 42.8 Å². The Hall–Kier alpha value is -1.61. The third-order valence-corrected chi connectivity index (χ3v) is 8.90. The highest BCUT2D eigenvalue weighted by Gasteiger charge is 2.31. The first-order chi connectivity index (χ1) is 14.8. The second-order valence-electron chi connectivity index (χ2n) is 8.21. The molecule has 0 N–H and O–H groups in total. The molecular weight excluding hydrogens is 457 g/mol. The first kappa shape index (κ1) is 22.6. The number of aryl methyl sites for hydroxylation is 1. The maximum absolute atomic E-state index is 13.1. The lowest BCUT2D eigenvalue weighted by Gasteiger charge is -2.36. The Morgan fingerprint density at radius 1 is 0.935 bits per heavy atom. The molecule has 4 rings (SSSR count). The summed E-state index contributed by atoms with van der Waals surface area (Å²) in [6.07, 6.45) is 3.62. The van der Waals surface area contributed by atoms with Crippen LogP contribution in [0.2, 0.25) is 10.0 Å². The van der Waals surface area contributed by atoms with Crippen LogP contribution in [0.5, 0.6) is 0 Å². The Labute approximate surface area is 194 Å². The molecule has 1 aromatic carbocycles. The number of sulfonamides is 1. The van der Waals surface area contributed by atoms with Gasteiger partial charge in [0, 0.05) is 43.8 Å². The predicted molar refractivity (Wildman–Crippen MR) is 125 cm³/mol. The number of hydrogen-bond acceptors (Lipinski definition) is 6. The van der Waals surface area contributed by atoms with Crippen LogP contribution in [-0.2, 0) is 10.0 Å². The second kappa shape index (κ2) is 9.10. The molecule has 3 heterocycles. The van der Waals surface area contributed by atoms with Crippen molar-refractivity contribution in [1.29, 1.82) is 0 Å². The molecule has 2 fully saturated rings. The Morgan fingerprint density at radius 2 is 1.61 bits per heavy atom. The van der Waals surface area contributed by atoms with E-state index in [9.17, 15) is 8.42 Å². The van der Waals surface area contributed by atoms with Crippen LogP contribution in [-0.4, -0.2) is 61.7 Å². The van der Waals surface area contributed by atoms with E-state index < -0.39 is 10.0 Å². The molecule has 2 saturated heterocycles. The molecule has 0 amide bonds. The van der Waals surface area contributed by atoms with E-state index in [2.05, 4.69) is 26.9 Å². The molecule has 168 valence electrons. The van der Waals surface area contributed by atoms with Crippen molar-refractivity contribution in [2.45, 2.75) is 44.0 Å². The zero-order valence-corrected chi connectivity index (χ0v) is 20.1. The van der Waals surface area contributed by atoms with Crippen LogP contribution in [0.1, 0.15) is 31.7 Å². The van der Waals surface area contributed by atoms with E-state index in [1.807, 2.05) is 12.1 Å². The fraction of sp³-hybridized carbons (Fsp3) is 0.524. The molecule has 2 aliphatic rings. The van der Waals surface area contributed by atoms with Crippen LogP contribution in [0, 0.1) is 6.92 Å². The Kier molecular flexibility index (Phi) is 6.62. The van der Waals surface area contributed by atoms with Crippen LogP contribution in [0.3, 0.4) is 0 Å². The minimum atomic E-state index is -3.69. The molecular formula is C21H27Cl2N5O2S. The van der Waals surface area contributed by atoms with Crippen molar-refractivity contribution in [3.8, 4) is 0 Å². The largest absolute Gasteiger partial charge is 0.352 e. The smallest absolute Gasteiger partial charge is 0.244 e. The fourth-order valence-corrected chi connectivity index (χ4v) is 6.43. The third-order valence-electron chi connectivity index (χ3n) is 6.13. The van der Waals surface area contributed by atoms with E-state index >= 15 is 0 Å². The van der Waals surface area contributed by atoms with E-state index in [0.717, 1.165) is 18.2 Å². The first-order valence-corrected chi connectivity index (χ1v) is 12.8. The monoisotopic (exact) mass is 483 g/mol. The van der Waals surface area contributed by atoms with Crippen LogP contribution in [0.15, 0.2) is 29.2 Å². The van der Waals surface area contributed by atoms with Crippen molar-refractivity contribution in [3.63, 3.8) is 0 Å². The van der Waals surface area contributed by atoms with Crippen molar-refractivity contribution < 1.29 is 8.42 Å². The fourth-order valence-electron chi connectivity index (χ4n) is 4.20. The van der Waals surface area contributed by atoms with E-state index in [-0.39, 0.29) is 9.92 Å². The molecule has 0 bridgehead atoms. The highest BCUT2D eigenvalue weighted by Crippen LogP contribution is 2.31. The highest BCUT2D eigenvalue weighted by molar-refractivity contribution is 7.89. The third kappa shape index (κ3) is 4.62. The van der Waals surface area contributed by atoms with Gasteiger partial charge in [0.25, 0.3) is 0 Å². The zero-order valence-electron chi connectivity index (χ0n) is 17.8.